The highest BCUT2D eigenvalue weighted by Gasteiger charge is 2.09. The van der Waals surface area contributed by atoms with Gasteiger partial charge in [0.25, 0.3) is 23.6 Å². The van der Waals surface area contributed by atoms with Crippen LogP contribution >= 0.6 is 0 Å². The van der Waals surface area contributed by atoms with Crippen molar-refractivity contribution in [3.05, 3.63) is 130 Å². The fourth-order valence-electron chi connectivity index (χ4n) is 3.87. The third-order valence-electron chi connectivity index (χ3n) is 6.37. The Labute approximate surface area is 268 Å². The molecular formula is C33H30N6O8. The summed E-state index contributed by atoms with van der Waals surface area (Å²) in [6, 6.07) is 25.7. The van der Waals surface area contributed by atoms with E-state index in [0.29, 0.717) is 42.3 Å². The van der Waals surface area contributed by atoms with Crippen LogP contribution in [0.4, 0.5) is 0 Å². The summed E-state index contributed by atoms with van der Waals surface area (Å²) < 4.78 is 11.5. The van der Waals surface area contributed by atoms with Crippen LogP contribution in [0.3, 0.4) is 0 Å². The van der Waals surface area contributed by atoms with Crippen molar-refractivity contribution >= 4 is 36.1 Å². The second-order valence-corrected chi connectivity index (χ2v) is 9.62. The summed E-state index contributed by atoms with van der Waals surface area (Å²) in [5.41, 5.74) is 10.4. The van der Waals surface area contributed by atoms with Crippen LogP contribution in [0.1, 0.15) is 59.0 Å². The predicted octanol–water partition coefficient (Wildman–Crippen LogP) is 3.30. The number of carbonyl (C=O) groups is 4. The molecule has 6 N–H and O–H groups in total. The molecule has 0 atom stereocenters. The second-order valence-electron chi connectivity index (χ2n) is 9.62. The lowest BCUT2D eigenvalue weighted by molar-refractivity contribution is 0.0702. The molecule has 0 radical (unpaired) electrons. The van der Waals surface area contributed by atoms with Gasteiger partial charge in [0.1, 0.15) is 11.5 Å². The first-order valence-electron chi connectivity index (χ1n) is 14.1. The maximum absolute atomic E-state index is 12.2. The Balaban J connectivity index is 1.11. The maximum Gasteiger partial charge on any atom is 0.274 e. The molecule has 0 aliphatic heterocycles. The quantitative estimate of drug-likeness (QED) is 0.0523. The van der Waals surface area contributed by atoms with E-state index in [9.17, 15) is 19.2 Å². The van der Waals surface area contributed by atoms with Gasteiger partial charge in [-0.05, 0) is 108 Å². The molecule has 4 amide bonds. The number of ether oxygens (including phenoxy) is 2. The Hall–Kier alpha value is -6.38. The Kier molecular flexibility index (Phi) is 12.3. The Morgan fingerprint density at radius 1 is 0.511 bits per heavy atom. The van der Waals surface area contributed by atoms with Gasteiger partial charge in [-0.1, -0.05) is 0 Å². The van der Waals surface area contributed by atoms with E-state index in [4.69, 9.17) is 19.9 Å². The fourth-order valence-corrected chi connectivity index (χ4v) is 3.87. The smallest absolute Gasteiger partial charge is 0.274 e. The number of amides is 4. The van der Waals surface area contributed by atoms with Crippen molar-refractivity contribution < 1.29 is 39.1 Å². The van der Waals surface area contributed by atoms with Crippen LogP contribution in [0, 0.1) is 0 Å². The lowest BCUT2D eigenvalue weighted by Gasteiger charge is -2.08. The summed E-state index contributed by atoms with van der Waals surface area (Å²) in [7, 11) is 0. The van der Waals surface area contributed by atoms with E-state index < -0.39 is 23.6 Å². The van der Waals surface area contributed by atoms with Crippen LogP contribution < -0.4 is 31.3 Å². The van der Waals surface area contributed by atoms with Crippen molar-refractivity contribution in [2.24, 2.45) is 10.2 Å². The molecule has 0 aromatic heterocycles. The monoisotopic (exact) mass is 638 g/mol. The molecule has 4 rings (SSSR count). The van der Waals surface area contributed by atoms with E-state index in [1.165, 1.54) is 71.9 Å². The summed E-state index contributed by atoms with van der Waals surface area (Å²) in [6.45, 7) is 0.869. The van der Waals surface area contributed by atoms with Gasteiger partial charge in [0.15, 0.2) is 0 Å². The van der Waals surface area contributed by atoms with Crippen LogP contribution in [-0.4, -0.2) is 59.7 Å². The largest absolute Gasteiger partial charge is 0.493 e. The van der Waals surface area contributed by atoms with Crippen molar-refractivity contribution in [2.45, 2.75) is 6.42 Å². The normalized spacial score (nSPS) is 10.8. The van der Waals surface area contributed by atoms with Crippen molar-refractivity contribution in [3.8, 4) is 11.5 Å². The number of hydrogen-bond donors (Lipinski definition) is 6. The highest BCUT2D eigenvalue weighted by molar-refractivity contribution is 5.98. The van der Waals surface area contributed by atoms with Crippen molar-refractivity contribution in [1.29, 1.82) is 0 Å². The molecule has 0 aliphatic carbocycles. The molecule has 47 heavy (non-hydrogen) atoms. The highest BCUT2D eigenvalue weighted by Crippen LogP contribution is 2.14. The van der Waals surface area contributed by atoms with Crippen molar-refractivity contribution in [3.63, 3.8) is 0 Å². The molecule has 240 valence electrons. The first-order chi connectivity index (χ1) is 22.9. The molecule has 14 nitrogen and oxygen atoms in total. The zero-order valence-electron chi connectivity index (χ0n) is 24.8. The molecule has 4 aromatic carbocycles. The fraction of sp³-hybridized carbons (Fsp3) is 0.0909. The van der Waals surface area contributed by atoms with Crippen LogP contribution in [0.25, 0.3) is 0 Å². The molecule has 0 aliphatic rings. The Morgan fingerprint density at radius 3 is 1.15 bits per heavy atom. The van der Waals surface area contributed by atoms with Crippen molar-refractivity contribution in [2.75, 3.05) is 13.2 Å². The van der Waals surface area contributed by atoms with Crippen LogP contribution in [0.5, 0.6) is 11.5 Å². The zero-order valence-corrected chi connectivity index (χ0v) is 24.8. The Bertz CT molecular complexity index is 1590. The molecule has 0 fully saturated rings. The number of benzene rings is 4. The van der Waals surface area contributed by atoms with Gasteiger partial charge in [0.2, 0.25) is 0 Å². The van der Waals surface area contributed by atoms with E-state index in [0.717, 1.165) is 11.1 Å². The third kappa shape index (κ3) is 10.3. The average Bonchev–Trinajstić information content (AvgIpc) is 3.12. The van der Waals surface area contributed by atoms with Gasteiger partial charge in [0.05, 0.1) is 25.6 Å². The summed E-state index contributed by atoms with van der Waals surface area (Å²) >= 11 is 0. The minimum absolute atomic E-state index is 0.211. The number of hydrazone groups is 2. The van der Waals surface area contributed by atoms with Crippen LogP contribution in [0.15, 0.2) is 107 Å². The summed E-state index contributed by atoms with van der Waals surface area (Å²) in [5.74, 6) is -0.921. The SMILES string of the molecule is O=C(NO)c1ccc(C(=O)NN=Cc2ccc(OCCCOc3ccc(C=NNC(=O)c4ccc(C(=O)NO)cc4)cc3)cc2)cc1. The van der Waals surface area contributed by atoms with Crippen molar-refractivity contribution in [1.82, 2.24) is 21.8 Å². The number of hydroxylamine groups is 2. The van der Waals surface area contributed by atoms with Crippen LogP contribution in [-0.2, 0) is 0 Å². The summed E-state index contributed by atoms with van der Waals surface area (Å²) in [4.78, 5) is 47.1. The van der Waals surface area contributed by atoms with E-state index in [1.807, 2.05) is 0 Å². The molecule has 0 saturated heterocycles. The standard InChI is InChI=1S/C33H30N6O8/c40-30(24-6-10-26(11-7-24)32(42)38-44)36-34-20-22-2-14-28(15-3-22)46-18-1-19-47-29-16-4-23(5-17-29)21-35-37-31(41)25-8-12-27(13-9-25)33(43)39-45/h2-17,20-21,44-45H,1,18-19H2,(H,36,40)(H,37,41)(H,38,42)(H,39,43). The molecule has 0 spiro atoms. The molecule has 4 aromatic rings. The first kappa shape index (κ1) is 33.5. The first-order valence-corrected chi connectivity index (χ1v) is 14.1. The summed E-state index contributed by atoms with van der Waals surface area (Å²) in [6.07, 6.45) is 3.61. The molecule has 14 heteroatoms. The number of rotatable bonds is 14. The molecule has 0 bridgehead atoms. The molecule has 0 unspecified atom stereocenters. The number of hydrogen-bond acceptors (Lipinski definition) is 10. The third-order valence-corrected chi connectivity index (χ3v) is 6.37. The Morgan fingerprint density at radius 2 is 0.830 bits per heavy atom. The highest BCUT2D eigenvalue weighted by atomic mass is 16.5. The number of nitrogens with one attached hydrogen (secondary N) is 4. The van der Waals surface area contributed by atoms with Gasteiger partial charge < -0.3 is 9.47 Å². The van der Waals surface area contributed by atoms with E-state index in [-0.39, 0.29) is 11.1 Å². The van der Waals surface area contributed by atoms with E-state index >= 15 is 0 Å². The van der Waals surface area contributed by atoms with Gasteiger partial charge in [-0.3, -0.25) is 29.6 Å². The van der Waals surface area contributed by atoms with Gasteiger partial charge in [-0.15, -0.1) is 0 Å². The van der Waals surface area contributed by atoms with Gasteiger partial charge >= 0.3 is 0 Å². The number of carbonyl (C=O) groups excluding carboxylic acids is 4. The molecule has 0 heterocycles. The van der Waals surface area contributed by atoms with E-state index in [2.05, 4.69) is 21.1 Å². The predicted molar refractivity (Wildman–Crippen MR) is 170 cm³/mol. The minimum Gasteiger partial charge on any atom is -0.493 e. The lowest BCUT2D eigenvalue weighted by atomic mass is 10.1. The molecule has 0 saturated carbocycles. The zero-order chi connectivity index (χ0) is 33.4. The topological polar surface area (TPSA) is 200 Å². The average molecular weight is 639 g/mol. The lowest BCUT2D eigenvalue weighted by Crippen LogP contribution is -2.20. The number of nitrogens with zero attached hydrogens (tertiary/aromatic N) is 2. The van der Waals surface area contributed by atoms with Crippen LogP contribution in [0.2, 0.25) is 0 Å². The summed E-state index contributed by atoms with van der Waals surface area (Å²) in [5, 5.41) is 25.2. The minimum atomic E-state index is -0.673. The second kappa shape index (κ2) is 17.2. The van der Waals surface area contributed by atoms with Gasteiger partial charge in [-0.25, -0.2) is 21.8 Å². The molecular weight excluding hydrogens is 608 g/mol. The maximum atomic E-state index is 12.2. The van der Waals surface area contributed by atoms with E-state index in [1.54, 1.807) is 48.5 Å². The van der Waals surface area contributed by atoms with Gasteiger partial charge in [0, 0.05) is 28.7 Å². The van der Waals surface area contributed by atoms with Gasteiger partial charge in [-0.2, -0.15) is 10.2 Å².